The minimum atomic E-state index is -7.36. The highest BCUT2D eigenvalue weighted by molar-refractivity contribution is 8.39. The summed E-state index contributed by atoms with van der Waals surface area (Å²) in [7, 11) is -21.4. The number of benzene rings is 1. The fourth-order valence-electron chi connectivity index (χ4n) is 3.12. The molecule has 0 saturated heterocycles. The molecule has 208 valence electrons. The predicted octanol–water partition coefficient (Wildman–Crippen LogP) is 5.15. The smallest absolute Gasteiger partial charge is 0.447 e. The number of nitrogens with zero attached hydrogens (tertiary/aromatic N) is 1. The topological polar surface area (TPSA) is 109 Å². The highest BCUT2D eigenvalue weighted by Gasteiger charge is 2.80. The highest BCUT2D eigenvalue weighted by Crippen LogP contribution is 2.53. The third kappa shape index (κ3) is 5.56. The molecule has 7 nitrogen and oxygen atoms in total. The maximum absolute atomic E-state index is 14.2. The summed E-state index contributed by atoms with van der Waals surface area (Å²) in [5.41, 5.74) is -5.94. The van der Waals surface area contributed by atoms with Gasteiger partial charge in [0.25, 0.3) is 0 Å². The van der Waals surface area contributed by atoms with Crippen LogP contribution in [-0.4, -0.2) is 43.0 Å². The monoisotopic (exact) mass is 616 g/mol. The lowest BCUT2D eigenvalue weighted by molar-refractivity contribution is -0.243. The quantitative estimate of drug-likeness (QED) is 0.279. The normalized spacial score (nSPS) is 19.0. The van der Waals surface area contributed by atoms with Gasteiger partial charge in [-0.15, -0.1) is 0 Å². The van der Waals surface area contributed by atoms with Gasteiger partial charge in [-0.05, 0) is 47.6 Å². The maximum Gasteiger partial charge on any atom is 0.480 e. The molecule has 1 fully saturated rings. The van der Waals surface area contributed by atoms with Crippen molar-refractivity contribution >= 4 is 40.0 Å². The fraction of sp³-hybridized carbons (Fsp3) is 0.625. The lowest BCUT2D eigenvalue weighted by Gasteiger charge is -2.37. The van der Waals surface area contributed by atoms with Crippen molar-refractivity contribution in [2.45, 2.75) is 60.0 Å². The lowest BCUT2D eigenvalue weighted by atomic mass is 9.84. The molecular formula is C16H15F9NO6S4-. The van der Waals surface area contributed by atoms with E-state index in [9.17, 15) is 60.6 Å². The van der Waals surface area contributed by atoms with Crippen LogP contribution in [0.4, 0.5) is 39.5 Å². The molecule has 0 heterocycles. The van der Waals surface area contributed by atoms with Crippen LogP contribution in [0.1, 0.15) is 43.6 Å². The van der Waals surface area contributed by atoms with E-state index in [4.69, 9.17) is 0 Å². The van der Waals surface area contributed by atoms with Gasteiger partial charge < -0.3 is 8.31 Å². The Morgan fingerprint density at radius 2 is 1.25 bits per heavy atom. The van der Waals surface area contributed by atoms with Crippen molar-refractivity contribution < 1.29 is 64.7 Å². The van der Waals surface area contributed by atoms with Crippen molar-refractivity contribution in [1.82, 2.24) is 0 Å². The van der Waals surface area contributed by atoms with Crippen molar-refractivity contribution in [2.75, 3.05) is 0 Å². The van der Waals surface area contributed by atoms with Gasteiger partial charge in [-0.2, -0.15) is 47.9 Å². The first-order valence-corrected chi connectivity index (χ1v) is 14.8. The molecule has 0 amide bonds. The summed E-state index contributed by atoms with van der Waals surface area (Å²) in [6.45, 7) is 0. The molecule has 1 aliphatic rings. The lowest BCUT2D eigenvalue weighted by Crippen LogP contribution is -2.61. The van der Waals surface area contributed by atoms with E-state index in [-0.39, 0.29) is 5.92 Å². The summed E-state index contributed by atoms with van der Waals surface area (Å²) in [5.74, 6) is -8.34. The number of rotatable bonds is 9. The number of alkyl halides is 9. The van der Waals surface area contributed by atoms with Gasteiger partial charge >= 0.3 is 32.1 Å². The van der Waals surface area contributed by atoms with Crippen LogP contribution in [-0.2, 0) is 40.0 Å². The Hall–Kier alpha value is -1.38. The van der Waals surface area contributed by atoms with E-state index in [0.717, 1.165) is 48.4 Å². The fourth-order valence-corrected chi connectivity index (χ4v) is 7.33. The van der Waals surface area contributed by atoms with Gasteiger partial charge in [-0.25, -0.2) is 8.42 Å². The van der Waals surface area contributed by atoms with E-state index in [0.29, 0.717) is 5.56 Å². The van der Waals surface area contributed by atoms with E-state index in [1.807, 2.05) is 0 Å². The first-order chi connectivity index (χ1) is 16.0. The molecule has 1 aromatic carbocycles. The third-order valence-electron chi connectivity index (χ3n) is 5.02. The van der Waals surface area contributed by atoms with Crippen LogP contribution in [0.3, 0.4) is 0 Å². The standard InChI is InChI=1S/C16H15F9NO6S4/c17-13(18,14(19,20)35(29,33)26-34(27,28)16(23,24)25)15(21,22)36(30,31)32-12-8-6-11(7-9-12)10-4-2-1-3-5-10/h6-10H,1-5H2/q-1. The van der Waals surface area contributed by atoms with Crippen LogP contribution in [0.25, 0.3) is 4.13 Å². The van der Waals surface area contributed by atoms with Gasteiger partial charge in [0, 0.05) is 8.68 Å². The Bertz CT molecular complexity index is 1270. The number of halogens is 9. The Kier molecular flexibility index (Phi) is 8.34. The molecule has 1 aromatic rings. The van der Waals surface area contributed by atoms with Crippen LogP contribution in [0.2, 0.25) is 0 Å². The van der Waals surface area contributed by atoms with E-state index in [1.165, 1.54) is 12.1 Å². The molecule has 0 aromatic heterocycles. The predicted molar refractivity (Wildman–Crippen MR) is 110 cm³/mol. The molecular weight excluding hydrogens is 601 g/mol. The molecule has 36 heavy (non-hydrogen) atoms. The molecule has 1 unspecified atom stereocenters. The molecule has 0 radical (unpaired) electrons. The van der Waals surface area contributed by atoms with E-state index in [2.05, 4.69) is 15.4 Å². The molecule has 0 aliphatic heterocycles. The zero-order valence-corrected chi connectivity index (χ0v) is 20.6. The summed E-state index contributed by atoms with van der Waals surface area (Å²) in [6, 6.07) is 4.00. The summed E-state index contributed by atoms with van der Waals surface area (Å²) >= 11 is 3.23. The van der Waals surface area contributed by atoms with Crippen molar-refractivity contribution in [3.63, 3.8) is 0 Å². The molecule has 0 bridgehead atoms. The number of hydrogen-bond donors (Lipinski definition) is 0. The van der Waals surface area contributed by atoms with Crippen LogP contribution in [0, 0.1) is 0 Å². The van der Waals surface area contributed by atoms with Crippen LogP contribution in [0.5, 0.6) is 5.75 Å². The van der Waals surface area contributed by atoms with E-state index in [1.54, 1.807) is 0 Å². The Labute approximate surface area is 204 Å². The summed E-state index contributed by atoms with van der Waals surface area (Å²) in [4.78, 5) is 0. The molecule has 0 spiro atoms. The third-order valence-corrected chi connectivity index (χ3v) is 10.6. The minimum Gasteiger partial charge on any atom is -0.447 e. The molecule has 1 atom stereocenters. The van der Waals surface area contributed by atoms with Gasteiger partial charge in [0.1, 0.15) is 5.75 Å². The van der Waals surface area contributed by atoms with Crippen molar-refractivity contribution in [1.29, 1.82) is 0 Å². The number of hydrogen-bond acceptors (Lipinski definition) is 7. The SMILES string of the molecule is O=S(=O)([N-]S(=O)(=S)C(F)(F)C(F)(F)C(F)(F)S(=O)(=O)Oc1ccc(C2CCCCC2)cc1)C(F)(F)F. The summed E-state index contributed by atoms with van der Waals surface area (Å²) in [5, 5.41) is -14.1. The first kappa shape index (κ1) is 30.8. The van der Waals surface area contributed by atoms with Gasteiger partial charge in [-0.3, -0.25) is 4.21 Å². The van der Waals surface area contributed by atoms with Crippen molar-refractivity contribution in [2.24, 2.45) is 0 Å². The van der Waals surface area contributed by atoms with Gasteiger partial charge in [0.05, 0.1) is 0 Å². The average Bonchev–Trinajstić information content (AvgIpc) is 2.72. The molecule has 2 rings (SSSR count). The summed E-state index contributed by atoms with van der Waals surface area (Å²) in [6.07, 6.45) is 4.27. The second kappa shape index (κ2) is 9.73. The van der Waals surface area contributed by atoms with Gasteiger partial charge in [-0.1, -0.05) is 31.4 Å². The van der Waals surface area contributed by atoms with E-state index < -0.39 is 56.5 Å². The molecule has 1 aliphatic carbocycles. The van der Waals surface area contributed by atoms with Crippen molar-refractivity contribution in [3.05, 3.63) is 34.0 Å². The van der Waals surface area contributed by atoms with Crippen LogP contribution < -0.4 is 4.18 Å². The second-order valence-corrected chi connectivity index (χ2v) is 13.9. The zero-order valence-electron chi connectivity index (χ0n) is 17.4. The molecule has 20 heteroatoms. The summed E-state index contributed by atoms with van der Waals surface area (Å²) < 4.78 is 183. The Morgan fingerprint density at radius 3 is 1.69 bits per heavy atom. The zero-order chi connectivity index (χ0) is 28.0. The van der Waals surface area contributed by atoms with Crippen LogP contribution in [0.15, 0.2) is 24.3 Å². The Morgan fingerprint density at radius 1 is 0.778 bits per heavy atom. The van der Waals surface area contributed by atoms with Gasteiger partial charge in [0.2, 0.25) is 0 Å². The molecule has 1 saturated carbocycles. The van der Waals surface area contributed by atoms with Crippen LogP contribution >= 0.6 is 0 Å². The van der Waals surface area contributed by atoms with Crippen molar-refractivity contribution in [3.8, 4) is 5.75 Å². The Balaban J connectivity index is 2.36. The largest absolute Gasteiger partial charge is 0.480 e. The minimum absolute atomic E-state index is 0.0332. The average molecular weight is 617 g/mol. The first-order valence-electron chi connectivity index (χ1n) is 9.48. The molecule has 0 N–H and O–H groups in total. The van der Waals surface area contributed by atoms with E-state index >= 15 is 0 Å². The van der Waals surface area contributed by atoms with Gasteiger partial charge in [0.15, 0.2) is 10.0 Å². The number of sulfonamides is 1. The highest BCUT2D eigenvalue weighted by atomic mass is 32.8. The maximum atomic E-state index is 14.2. The second-order valence-electron chi connectivity index (χ2n) is 7.52.